The summed E-state index contributed by atoms with van der Waals surface area (Å²) in [5.41, 5.74) is 3.57. The Kier molecular flexibility index (Phi) is 14.1. The molecule has 0 bridgehead atoms. The van der Waals surface area contributed by atoms with E-state index in [0.717, 1.165) is 51.1 Å². The highest BCUT2D eigenvalue weighted by Crippen LogP contribution is 2.31. The van der Waals surface area contributed by atoms with Crippen molar-refractivity contribution >= 4 is 56.6 Å². The summed E-state index contributed by atoms with van der Waals surface area (Å²) in [7, 11) is 0. The van der Waals surface area contributed by atoms with Crippen molar-refractivity contribution in [3.05, 3.63) is 89.1 Å². The van der Waals surface area contributed by atoms with Crippen LogP contribution in [0.2, 0.25) is 0 Å². The highest BCUT2D eigenvalue weighted by molar-refractivity contribution is 7.17. The molecule has 17 heteroatoms. The van der Waals surface area contributed by atoms with E-state index in [-0.39, 0.29) is 24.1 Å². The zero-order chi connectivity index (χ0) is 42.8. The van der Waals surface area contributed by atoms with E-state index in [1.54, 1.807) is 56.4 Å². The Labute approximate surface area is 359 Å². The molecule has 2 aromatic heterocycles. The van der Waals surface area contributed by atoms with E-state index in [9.17, 15) is 19.2 Å². The van der Waals surface area contributed by atoms with Crippen LogP contribution in [0.15, 0.2) is 72.1 Å². The number of tetrazole rings is 1. The van der Waals surface area contributed by atoms with E-state index >= 15 is 0 Å². The topological polar surface area (TPSA) is 176 Å². The number of thiophene rings is 1. The van der Waals surface area contributed by atoms with Crippen molar-refractivity contribution in [1.29, 1.82) is 0 Å². The molecule has 4 amide bonds. The van der Waals surface area contributed by atoms with Crippen LogP contribution in [0.3, 0.4) is 0 Å². The molecule has 4 heterocycles. The molecule has 2 aliphatic rings. The van der Waals surface area contributed by atoms with E-state index < -0.39 is 17.6 Å². The molecule has 0 spiro atoms. The highest BCUT2D eigenvalue weighted by atomic mass is 32.1. The number of anilines is 2. The normalized spacial score (nSPS) is 14.4. The maximum atomic E-state index is 13.5. The molecule has 61 heavy (non-hydrogen) atoms. The number of rotatable bonds is 17. The quantitative estimate of drug-likeness (QED) is 0.100. The second kappa shape index (κ2) is 20.0. The lowest BCUT2D eigenvalue weighted by molar-refractivity contribution is -0.116. The van der Waals surface area contributed by atoms with Gasteiger partial charge in [-0.25, -0.2) is 4.79 Å². The fourth-order valence-electron chi connectivity index (χ4n) is 7.37. The molecule has 5 aromatic rings. The summed E-state index contributed by atoms with van der Waals surface area (Å²) < 4.78 is 12.6. The van der Waals surface area contributed by atoms with Crippen LogP contribution < -0.4 is 25.6 Å². The van der Waals surface area contributed by atoms with Crippen molar-refractivity contribution in [3.63, 3.8) is 0 Å². The second-order valence-electron chi connectivity index (χ2n) is 16.1. The van der Waals surface area contributed by atoms with Crippen LogP contribution in [0.5, 0.6) is 5.75 Å². The van der Waals surface area contributed by atoms with E-state index in [2.05, 4.69) is 70.8 Å². The number of aromatic nitrogens is 4. The third-order valence-corrected chi connectivity index (χ3v) is 11.3. The van der Waals surface area contributed by atoms with Gasteiger partial charge in [0.1, 0.15) is 11.4 Å². The number of nitrogens with one attached hydrogen (secondary N) is 3. The lowest BCUT2D eigenvalue weighted by Gasteiger charge is -2.36. The van der Waals surface area contributed by atoms with Crippen molar-refractivity contribution in [1.82, 2.24) is 40.6 Å². The number of benzene rings is 3. The van der Waals surface area contributed by atoms with Gasteiger partial charge in [-0.1, -0.05) is 12.1 Å². The van der Waals surface area contributed by atoms with Crippen LogP contribution in [0.4, 0.5) is 16.2 Å². The van der Waals surface area contributed by atoms with Gasteiger partial charge < -0.3 is 35.2 Å². The molecule has 0 atom stereocenters. The molecule has 16 nitrogen and oxygen atoms in total. The number of hydrogen-bond acceptors (Lipinski definition) is 12. The van der Waals surface area contributed by atoms with Crippen LogP contribution in [-0.2, 0) is 16.0 Å². The molecular weight excluding hydrogens is 797 g/mol. The largest absolute Gasteiger partial charge is 0.494 e. The third-order valence-electron chi connectivity index (χ3n) is 10.5. The fourth-order valence-corrected chi connectivity index (χ4v) is 8.18. The van der Waals surface area contributed by atoms with Crippen LogP contribution in [0.25, 0.3) is 15.8 Å². The monoisotopic (exact) mass is 850 g/mol. The molecule has 1 saturated heterocycles. The molecule has 0 saturated carbocycles. The van der Waals surface area contributed by atoms with E-state index in [1.165, 1.54) is 20.6 Å². The first-order valence-electron chi connectivity index (χ1n) is 20.9. The minimum Gasteiger partial charge on any atom is -0.494 e. The zero-order valence-corrected chi connectivity index (χ0v) is 35.8. The Morgan fingerprint density at radius 1 is 0.869 bits per heavy atom. The first-order chi connectivity index (χ1) is 29.5. The SMILES string of the molecule is CC(C)(C)OC(=O)NCCCC(=O)Nc1ccc(-n2nnc(C(=O)NCCCN3CCc4ccc(OCCCN5CCN(c6cccc7sccc67)CC5)cc4C3=O)n2)cc1. The van der Waals surface area contributed by atoms with Gasteiger partial charge in [0.2, 0.25) is 5.91 Å². The van der Waals surface area contributed by atoms with Crippen molar-refractivity contribution < 1.29 is 28.7 Å². The maximum absolute atomic E-state index is 13.5. The molecule has 2 aliphatic heterocycles. The first-order valence-corrected chi connectivity index (χ1v) is 21.8. The average Bonchev–Trinajstić information content (AvgIpc) is 3.95. The predicted molar refractivity (Wildman–Crippen MR) is 235 cm³/mol. The smallest absolute Gasteiger partial charge is 0.407 e. The summed E-state index contributed by atoms with van der Waals surface area (Å²) in [4.78, 5) is 58.4. The molecule has 3 N–H and O–H groups in total. The van der Waals surface area contributed by atoms with Gasteiger partial charge in [0.25, 0.3) is 17.6 Å². The number of nitrogens with zero attached hydrogens (tertiary/aromatic N) is 7. The minimum absolute atomic E-state index is 0.0307. The van der Waals surface area contributed by atoms with Crippen LogP contribution >= 0.6 is 11.3 Å². The van der Waals surface area contributed by atoms with Gasteiger partial charge >= 0.3 is 6.09 Å². The molecule has 0 unspecified atom stereocenters. The van der Waals surface area contributed by atoms with E-state index in [1.807, 2.05) is 23.1 Å². The minimum atomic E-state index is -0.585. The molecule has 0 aliphatic carbocycles. The van der Waals surface area contributed by atoms with Crippen molar-refractivity contribution in [2.24, 2.45) is 0 Å². The van der Waals surface area contributed by atoms with Crippen LogP contribution in [0.1, 0.15) is 73.0 Å². The fraction of sp³-hybridized carbons (Fsp3) is 0.432. The number of piperazine rings is 1. The first kappa shape index (κ1) is 43.0. The summed E-state index contributed by atoms with van der Waals surface area (Å²) in [6, 6.07) is 21.4. The lowest BCUT2D eigenvalue weighted by atomic mass is 9.98. The Balaban J connectivity index is 0.779. The van der Waals surface area contributed by atoms with Crippen molar-refractivity contribution in [2.45, 2.75) is 58.5 Å². The van der Waals surface area contributed by atoms with Gasteiger partial charge in [0, 0.05) is 92.3 Å². The van der Waals surface area contributed by atoms with Crippen molar-refractivity contribution in [3.8, 4) is 11.4 Å². The molecule has 322 valence electrons. The Bertz CT molecular complexity index is 2300. The van der Waals surface area contributed by atoms with Gasteiger partial charge in [-0.05, 0) is 117 Å². The summed E-state index contributed by atoms with van der Waals surface area (Å²) in [5, 5.41) is 23.9. The molecule has 1 fully saturated rings. The summed E-state index contributed by atoms with van der Waals surface area (Å²) >= 11 is 1.79. The highest BCUT2D eigenvalue weighted by Gasteiger charge is 2.25. The van der Waals surface area contributed by atoms with E-state index in [4.69, 9.17) is 9.47 Å². The molecular formula is C44H54N10O6S. The Hall–Kier alpha value is -6.07. The Morgan fingerprint density at radius 3 is 2.48 bits per heavy atom. The molecule has 0 radical (unpaired) electrons. The van der Waals surface area contributed by atoms with Crippen LogP contribution in [-0.4, -0.2) is 125 Å². The number of amides is 4. The van der Waals surface area contributed by atoms with Gasteiger partial charge in [-0.2, -0.15) is 0 Å². The summed E-state index contributed by atoms with van der Waals surface area (Å²) in [5.74, 6) is -0.0786. The lowest BCUT2D eigenvalue weighted by Crippen LogP contribution is -2.46. The number of alkyl carbamates (subject to hydrolysis) is 1. The number of ether oxygens (including phenoxy) is 2. The van der Waals surface area contributed by atoms with Gasteiger partial charge in [-0.3, -0.25) is 19.3 Å². The predicted octanol–water partition coefficient (Wildman–Crippen LogP) is 5.53. The average molecular weight is 851 g/mol. The number of hydrogen-bond donors (Lipinski definition) is 3. The van der Waals surface area contributed by atoms with Crippen LogP contribution in [0, 0.1) is 0 Å². The standard InChI is InChI=1S/C44H54N10O6S/c1-44(2,3)60-43(58)46-19-5-10-39(55)47-32-12-14-33(15-13-32)54-49-40(48-50-54)41(56)45-20-6-22-53-23-17-31-11-16-34(30-36(31)42(53)57)59-28-7-21-51-24-26-52(27-25-51)37-8-4-9-38-35(37)18-29-61-38/h4,8-9,11-16,18,29-30H,5-7,10,17,19-28H2,1-3H3,(H,45,56)(H,46,58)(H,47,55). The Morgan fingerprint density at radius 2 is 1.67 bits per heavy atom. The van der Waals surface area contributed by atoms with Gasteiger partial charge in [0.05, 0.1) is 12.3 Å². The van der Waals surface area contributed by atoms with Gasteiger partial charge in [0.15, 0.2) is 0 Å². The molecule has 3 aromatic carbocycles. The van der Waals surface area contributed by atoms with Gasteiger partial charge in [-0.15, -0.1) is 26.3 Å². The van der Waals surface area contributed by atoms with Crippen molar-refractivity contribution in [2.75, 3.05) is 75.7 Å². The molecule has 7 rings (SSSR count). The number of carbonyl (C=O) groups is 4. The zero-order valence-electron chi connectivity index (χ0n) is 35.0. The second-order valence-corrected chi connectivity index (χ2v) is 17.1. The number of carbonyl (C=O) groups excluding carboxylic acids is 4. The summed E-state index contributed by atoms with van der Waals surface area (Å²) in [6.07, 6.45) is 2.37. The number of fused-ring (bicyclic) bond motifs is 2. The summed E-state index contributed by atoms with van der Waals surface area (Å²) in [6.45, 7) is 12.7. The third kappa shape index (κ3) is 11.8. The maximum Gasteiger partial charge on any atom is 0.407 e. The van der Waals surface area contributed by atoms with E-state index in [0.29, 0.717) is 68.3 Å².